The summed E-state index contributed by atoms with van der Waals surface area (Å²) in [5.74, 6) is 1.24. The largest absolute Gasteiger partial charge is 0.326 e. The molecule has 3 aromatic rings. The zero-order valence-electron chi connectivity index (χ0n) is 20.3. The molecule has 8 heteroatoms. The summed E-state index contributed by atoms with van der Waals surface area (Å²) < 4.78 is 27.7. The van der Waals surface area contributed by atoms with Crippen LogP contribution in [0.3, 0.4) is 0 Å². The minimum Gasteiger partial charge on any atom is -0.326 e. The molecule has 36 heavy (non-hydrogen) atoms. The van der Waals surface area contributed by atoms with E-state index in [4.69, 9.17) is 0 Å². The van der Waals surface area contributed by atoms with Crippen molar-refractivity contribution in [3.8, 4) is 0 Å². The lowest BCUT2D eigenvalue weighted by atomic mass is 9.42. The molecule has 2 aromatic carbocycles. The van der Waals surface area contributed by atoms with E-state index in [1.54, 1.807) is 18.2 Å². The number of nitrogens with one attached hydrogen (secondary N) is 2. The van der Waals surface area contributed by atoms with Crippen LogP contribution in [0.25, 0.3) is 0 Å². The lowest BCUT2D eigenvalue weighted by molar-refractivity contribution is -0.143. The normalized spacial score (nSPS) is 28.6. The van der Waals surface area contributed by atoms with Crippen molar-refractivity contribution >= 4 is 27.6 Å². The molecule has 1 heterocycles. The van der Waals surface area contributed by atoms with Gasteiger partial charge in [0.15, 0.2) is 0 Å². The summed E-state index contributed by atoms with van der Waals surface area (Å²) in [6.07, 6.45) is 9.28. The van der Waals surface area contributed by atoms with Gasteiger partial charge in [-0.15, -0.1) is 0 Å². The number of sulfonamides is 1. The summed E-state index contributed by atoms with van der Waals surface area (Å²) >= 11 is 0. The van der Waals surface area contributed by atoms with Gasteiger partial charge >= 0.3 is 0 Å². The third kappa shape index (κ3) is 4.07. The van der Waals surface area contributed by atoms with E-state index in [2.05, 4.69) is 51.2 Å². The van der Waals surface area contributed by atoms with Gasteiger partial charge in [-0.25, -0.2) is 23.1 Å². The van der Waals surface area contributed by atoms with E-state index in [0.717, 1.165) is 19.3 Å². The van der Waals surface area contributed by atoms with E-state index in [-0.39, 0.29) is 27.6 Å². The standard InChI is InChI=1S/C28H30N4O3S/c1-19-3-5-22(6-4-19)27-14-20-13-21(15-27)17-28(16-20,18-27)25(33)31-23-7-9-24(10-8-23)36(34,35)32-26-29-11-2-12-30-26/h2-12,20-21H,13-18H2,1H3,(H,31,33)(H,29,30,32)/t20-,21-,27?,28?/m0/s1. The Bertz CT molecular complexity index is 1370. The number of aryl methyl sites for hydroxylation is 1. The van der Waals surface area contributed by atoms with E-state index >= 15 is 0 Å². The number of anilines is 2. The van der Waals surface area contributed by atoms with Gasteiger partial charge < -0.3 is 5.32 Å². The minimum absolute atomic E-state index is 0.0131. The SMILES string of the molecule is Cc1ccc(C23C[C@@H]4C[C@H](CC(C(=O)Nc5ccc(S(=O)(=O)Nc6ncccn6)cc5)(C4)C2)C3)cc1. The van der Waals surface area contributed by atoms with E-state index in [1.807, 2.05) is 0 Å². The smallest absolute Gasteiger partial charge is 0.264 e. The quantitative estimate of drug-likeness (QED) is 0.491. The Labute approximate surface area is 211 Å². The van der Waals surface area contributed by atoms with Crippen LogP contribution in [0.4, 0.5) is 11.6 Å². The highest BCUT2D eigenvalue weighted by Gasteiger charge is 2.60. The molecule has 4 aliphatic carbocycles. The predicted octanol–water partition coefficient (Wildman–Crippen LogP) is 5.06. The number of carbonyl (C=O) groups is 1. The number of rotatable bonds is 6. The maximum Gasteiger partial charge on any atom is 0.264 e. The van der Waals surface area contributed by atoms with Gasteiger partial charge in [0.25, 0.3) is 10.0 Å². The molecule has 2 atom stereocenters. The summed E-state index contributed by atoms with van der Waals surface area (Å²) in [6.45, 7) is 2.11. The molecule has 0 radical (unpaired) electrons. The summed E-state index contributed by atoms with van der Waals surface area (Å²) in [7, 11) is -3.82. The molecule has 1 amide bonds. The molecule has 7 rings (SSSR count). The Morgan fingerprint density at radius 3 is 2.19 bits per heavy atom. The number of nitrogens with zero attached hydrogens (tertiary/aromatic N) is 2. The van der Waals surface area contributed by atoms with Crippen molar-refractivity contribution in [2.24, 2.45) is 17.3 Å². The van der Waals surface area contributed by atoms with Crippen molar-refractivity contribution in [2.45, 2.75) is 55.8 Å². The van der Waals surface area contributed by atoms with Crippen molar-refractivity contribution in [2.75, 3.05) is 10.0 Å². The molecule has 1 aromatic heterocycles. The van der Waals surface area contributed by atoms with Crippen LogP contribution in [-0.4, -0.2) is 24.3 Å². The number of benzene rings is 2. The number of hydrogen-bond donors (Lipinski definition) is 2. The second-order valence-electron chi connectivity index (χ2n) is 11.0. The Morgan fingerprint density at radius 2 is 1.56 bits per heavy atom. The molecular formula is C28H30N4O3S. The van der Waals surface area contributed by atoms with Crippen molar-refractivity contribution in [1.29, 1.82) is 0 Å². The first-order valence-electron chi connectivity index (χ1n) is 12.5. The second-order valence-corrected chi connectivity index (χ2v) is 12.7. The third-order valence-electron chi connectivity index (χ3n) is 8.42. The van der Waals surface area contributed by atoms with Crippen molar-refractivity contribution in [3.63, 3.8) is 0 Å². The molecule has 2 N–H and O–H groups in total. The molecular weight excluding hydrogens is 472 g/mol. The summed E-state index contributed by atoms with van der Waals surface area (Å²) in [4.78, 5) is 21.7. The Hall–Kier alpha value is -3.26. The van der Waals surface area contributed by atoms with Gasteiger partial charge in [-0.2, -0.15) is 0 Å². The molecule has 4 fully saturated rings. The fraction of sp³-hybridized carbons (Fsp3) is 0.393. The van der Waals surface area contributed by atoms with Crippen molar-refractivity contribution < 1.29 is 13.2 Å². The van der Waals surface area contributed by atoms with Gasteiger partial charge in [-0.3, -0.25) is 4.79 Å². The van der Waals surface area contributed by atoms with Crippen LogP contribution in [0.15, 0.2) is 71.9 Å². The van der Waals surface area contributed by atoms with Gasteiger partial charge in [-0.1, -0.05) is 29.8 Å². The molecule has 4 aliphatic rings. The van der Waals surface area contributed by atoms with Crippen molar-refractivity contribution in [3.05, 3.63) is 78.1 Å². The summed E-state index contributed by atoms with van der Waals surface area (Å²) in [5.41, 5.74) is 2.95. The first-order valence-corrected chi connectivity index (χ1v) is 14.0. The molecule has 186 valence electrons. The Balaban J connectivity index is 1.21. The number of hydrogen-bond acceptors (Lipinski definition) is 5. The second kappa shape index (κ2) is 8.40. The van der Waals surface area contributed by atoms with Crippen LogP contribution in [0, 0.1) is 24.2 Å². The summed E-state index contributed by atoms with van der Waals surface area (Å²) in [5, 5.41) is 3.13. The van der Waals surface area contributed by atoms with Crippen molar-refractivity contribution in [1.82, 2.24) is 9.97 Å². The first-order chi connectivity index (χ1) is 17.3. The fourth-order valence-electron chi connectivity index (χ4n) is 7.29. The van der Waals surface area contributed by atoms with E-state index in [1.165, 1.54) is 54.9 Å². The molecule has 0 unspecified atom stereocenters. The fourth-order valence-corrected chi connectivity index (χ4v) is 8.24. The zero-order valence-corrected chi connectivity index (χ0v) is 21.1. The molecule has 4 bridgehead atoms. The lowest BCUT2D eigenvalue weighted by Crippen LogP contribution is -2.57. The number of carbonyl (C=O) groups excluding carboxylic acids is 1. The van der Waals surface area contributed by atoms with Crippen LogP contribution in [-0.2, 0) is 20.2 Å². The van der Waals surface area contributed by atoms with Crippen LogP contribution in [0.5, 0.6) is 0 Å². The molecule has 4 saturated carbocycles. The monoisotopic (exact) mass is 502 g/mol. The van der Waals surface area contributed by atoms with Crippen LogP contribution in [0.1, 0.15) is 49.7 Å². The van der Waals surface area contributed by atoms with E-state index in [0.29, 0.717) is 17.5 Å². The van der Waals surface area contributed by atoms with E-state index in [9.17, 15) is 13.2 Å². The van der Waals surface area contributed by atoms with Gasteiger partial charge in [-0.05, 0) is 98.6 Å². The number of amides is 1. The average molecular weight is 503 g/mol. The van der Waals surface area contributed by atoms with Gasteiger partial charge in [0.2, 0.25) is 11.9 Å². The van der Waals surface area contributed by atoms with Gasteiger partial charge in [0.05, 0.1) is 10.3 Å². The third-order valence-corrected chi connectivity index (χ3v) is 9.76. The Morgan fingerprint density at radius 1 is 0.917 bits per heavy atom. The summed E-state index contributed by atoms with van der Waals surface area (Å²) in [6, 6.07) is 16.8. The maximum atomic E-state index is 13.8. The zero-order chi connectivity index (χ0) is 25.0. The van der Waals surface area contributed by atoms with Crippen LogP contribution in [0.2, 0.25) is 0 Å². The maximum absolute atomic E-state index is 13.8. The van der Waals surface area contributed by atoms with Gasteiger partial charge in [0, 0.05) is 18.1 Å². The molecule has 0 aliphatic heterocycles. The highest BCUT2D eigenvalue weighted by Crippen LogP contribution is 2.66. The molecule has 7 nitrogen and oxygen atoms in total. The first kappa shape index (κ1) is 23.2. The average Bonchev–Trinajstić information content (AvgIpc) is 2.84. The molecule has 0 saturated heterocycles. The Kier molecular flexibility index (Phi) is 5.41. The number of aromatic nitrogens is 2. The lowest BCUT2D eigenvalue weighted by Gasteiger charge is -2.61. The highest BCUT2D eigenvalue weighted by atomic mass is 32.2. The molecule has 0 spiro atoms. The van der Waals surface area contributed by atoms with E-state index < -0.39 is 10.0 Å². The predicted molar refractivity (Wildman–Crippen MR) is 138 cm³/mol. The van der Waals surface area contributed by atoms with Crippen LogP contribution < -0.4 is 10.0 Å². The topological polar surface area (TPSA) is 101 Å². The minimum atomic E-state index is -3.82. The van der Waals surface area contributed by atoms with Crippen LogP contribution >= 0.6 is 0 Å². The van der Waals surface area contributed by atoms with Gasteiger partial charge in [0.1, 0.15) is 0 Å². The highest BCUT2D eigenvalue weighted by molar-refractivity contribution is 7.92.